The highest BCUT2D eigenvalue weighted by Crippen LogP contribution is 2.25. The van der Waals surface area contributed by atoms with Gasteiger partial charge in [-0.3, -0.25) is 0 Å². The van der Waals surface area contributed by atoms with Gasteiger partial charge in [-0.1, -0.05) is 19.2 Å². The molecule has 0 atom stereocenters. The van der Waals surface area contributed by atoms with Crippen LogP contribution in [-0.4, -0.2) is 46.6 Å². The monoisotopic (exact) mass is 434 g/mol. The summed E-state index contributed by atoms with van der Waals surface area (Å²) in [5, 5.41) is 0. The van der Waals surface area contributed by atoms with E-state index >= 15 is 0 Å². The van der Waals surface area contributed by atoms with E-state index in [0.717, 1.165) is 0 Å². The Bertz CT molecular complexity index is 455. The van der Waals surface area contributed by atoms with Crippen LogP contribution in [0.1, 0.15) is 6.92 Å². The summed E-state index contributed by atoms with van der Waals surface area (Å²) in [4.78, 5) is 10.5. The Morgan fingerprint density at radius 1 is 1.00 bits per heavy atom. The lowest BCUT2D eigenvalue weighted by molar-refractivity contribution is -0.137. The molecule has 0 aliphatic heterocycles. The van der Waals surface area contributed by atoms with E-state index in [4.69, 9.17) is 8.23 Å². The zero-order valence-electron chi connectivity index (χ0n) is 18.8. The summed E-state index contributed by atoms with van der Waals surface area (Å²) >= 11 is 0. The minimum atomic E-state index is -1.47. The first-order chi connectivity index (χ1) is 11.5. The summed E-state index contributed by atoms with van der Waals surface area (Å²) < 4.78 is 17.2. The molecule has 26 heavy (non-hydrogen) atoms. The van der Waals surface area contributed by atoms with E-state index in [0.29, 0.717) is 5.57 Å². The number of ether oxygens (including phenoxy) is 1. The molecule has 0 N–H and O–H groups in total. The van der Waals surface area contributed by atoms with Crippen LogP contribution in [0, 0.1) is 0 Å². The van der Waals surface area contributed by atoms with E-state index in [2.05, 4.69) is 76.8 Å². The summed E-state index contributed by atoms with van der Waals surface area (Å²) in [5.74, 6) is -0.366. The molecule has 0 aromatic rings. The maximum Gasteiger partial charge on any atom is 0.333 e. The van der Waals surface area contributed by atoms with Gasteiger partial charge in [0.1, 0.15) is 6.61 Å². The van der Waals surface area contributed by atoms with Crippen LogP contribution in [0.25, 0.3) is 0 Å². The zero-order chi connectivity index (χ0) is 21.2. The van der Waals surface area contributed by atoms with Crippen molar-refractivity contribution in [3.05, 3.63) is 24.8 Å². The minimum Gasteiger partial charge on any atom is -0.458 e. The number of esters is 1. The number of rotatable bonds is 10. The van der Waals surface area contributed by atoms with Gasteiger partial charge in [0.15, 0.2) is 34.0 Å². The van der Waals surface area contributed by atoms with E-state index in [1.165, 1.54) is 18.2 Å². The van der Waals surface area contributed by atoms with Crippen LogP contribution in [0.4, 0.5) is 0 Å². The molecular formula is C18H42O4Si4. The quantitative estimate of drug-likeness (QED) is 0.196. The van der Waals surface area contributed by atoms with Crippen molar-refractivity contribution >= 4 is 40.0 Å². The lowest BCUT2D eigenvalue weighted by atomic mass is 10.4. The Morgan fingerprint density at radius 3 is 1.81 bits per heavy atom. The summed E-state index contributed by atoms with van der Waals surface area (Å²) in [6.07, 6.45) is 1.51. The topological polar surface area (TPSA) is 44.8 Å². The van der Waals surface area contributed by atoms with Gasteiger partial charge in [0.05, 0.1) is 0 Å². The highest BCUT2D eigenvalue weighted by Gasteiger charge is 2.33. The summed E-state index contributed by atoms with van der Waals surface area (Å²) in [5.41, 5.74) is 0.414. The van der Waals surface area contributed by atoms with Gasteiger partial charge in [-0.15, -0.1) is 0 Å². The van der Waals surface area contributed by atoms with Gasteiger partial charge in [-0.05, 0) is 77.9 Å². The van der Waals surface area contributed by atoms with E-state index in [9.17, 15) is 4.79 Å². The first-order valence-electron chi connectivity index (χ1n) is 9.33. The lowest BCUT2D eigenvalue weighted by Gasteiger charge is -2.34. The van der Waals surface area contributed by atoms with Crippen molar-refractivity contribution in [3.63, 3.8) is 0 Å². The maximum atomic E-state index is 10.5. The van der Waals surface area contributed by atoms with Crippen LogP contribution in [0.3, 0.4) is 0 Å². The van der Waals surface area contributed by atoms with Crippen LogP contribution in [0.15, 0.2) is 24.8 Å². The standard InChI is InChI=1S/C11H32O2Si4.C7H10O2/c1-14(2)12-16(6,7)10-11-17(8,9)13-15(3,4)5;1-4-5-9-7(8)6(2)3/h14H,10-11H2,1-9H3;4H,1-2,5H2,3H3. The van der Waals surface area contributed by atoms with E-state index in [1.807, 2.05) is 0 Å². The van der Waals surface area contributed by atoms with Crippen molar-refractivity contribution in [1.29, 1.82) is 0 Å². The Morgan fingerprint density at radius 2 is 1.46 bits per heavy atom. The molecular weight excluding hydrogens is 393 g/mol. The molecule has 0 radical (unpaired) electrons. The van der Waals surface area contributed by atoms with Crippen LogP contribution < -0.4 is 0 Å². The molecule has 0 spiro atoms. The predicted octanol–water partition coefficient (Wildman–Crippen LogP) is 5.54. The van der Waals surface area contributed by atoms with Gasteiger partial charge in [0.25, 0.3) is 0 Å². The molecule has 0 fully saturated rings. The molecule has 0 saturated carbocycles. The van der Waals surface area contributed by atoms with Gasteiger partial charge in [0, 0.05) is 5.57 Å². The van der Waals surface area contributed by atoms with Crippen LogP contribution in [0.2, 0.25) is 71.0 Å². The van der Waals surface area contributed by atoms with E-state index in [-0.39, 0.29) is 12.6 Å². The Kier molecular flexibility index (Phi) is 13.2. The summed E-state index contributed by atoms with van der Waals surface area (Å²) in [7, 11) is -5.14. The Labute approximate surface area is 167 Å². The van der Waals surface area contributed by atoms with Gasteiger partial charge < -0.3 is 13.0 Å². The smallest absolute Gasteiger partial charge is 0.333 e. The molecule has 8 heteroatoms. The average Bonchev–Trinajstić information content (AvgIpc) is 2.39. The second kappa shape index (κ2) is 12.2. The highest BCUT2D eigenvalue weighted by molar-refractivity contribution is 6.86. The van der Waals surface area contributed by atoms with Crippen molar-refractivity contribution in [2.45, 2.75) is 77.9 Å². The van der Waals surface area contributed by atoms with Crippen LogP contribution >= 0.6 is 0 Å². The first kappa shape index (κ1) is 28.0. The molecule has 0 aromatic carbocycles. The van der Waals surface area contributed by atoms with Crippen molar-refractivity contribution in [1.82, 2.24) is 0 Å². The van der Waals surface area contributed by atoms with E-state index in [1.54, 1.807) is 6.92 Å². The third kappa shape index (κ3) is 18.5. The third-order valence-electron chi connectivity index (χ3n) is 3.15. The number of carbonyl (C=O) groups excluding carboxylic acids is 1. The van der Waals surface area contributed by atoms with Crippen molar-refractivity contribution in [3.8, 4) is 0 Å². The number of carbonyl (C=O) groups is 1. The molecule has 0 unspecified atom stereocenters. The molecule has 0 bridgehead atoms. The molecule has 0 aliphatic rings. The lowest BCUT2D eigenvalue weighted by Crippen LogP contribution is -2.44. The fourth-order valence-electron chi connectivity index (χ4n) is 2.44. The molecule has 0 heterocycles. The first-order valence-corrected chi connectivity index (χ1v) is 21.7. The Balaban J connectivity index is 0. The maximum absolute atomic E-state index is 10.5. The minimum absolute atomic E-state index is 0.256. The fourth-order valence-corrected chi connectivity index (χ4v) is 19.9. The van der Waals surface area contributed by atoms with Crippen molar-refractivity contribution in [2.75, 3.05) is 6.61 Å². The molecule has 0 aromatic heterocycles. The van der Waals surface area contributed by atoms with E-state index < -0.39 is 34.0 Å². The molecule has 4 nitrogen and oxygen atoms in total. The van der Waals surface area contributed by atoms with Gasteiger partial charge in [-0.25, -0.2) is 4.79 Å². The van der Waals surface area contributed by atoms with Crippen LogP contribution in [-0.2, 0) is 17.8 Å². The number of hydrogen-bond acceptors (Lipinski definition) is 4. The van der Waals surface area contributed by atoms with Crippen molar-refractivity contribution in [2.24, 2.45) is 0 Å². The molecule has 0 amide bonds. The average molecular weight is 435 g/mol. The van der Waals surface area contributed by atoms with Crippen molar-refractivity contribution < 1.29 is 17.8 Å². The molecule has 0 aliphatic carbocycles. The number of hydrogen-bond donors (Lipinski definition) is 0. The molecule has 0 saturated heterocycles. The van der Waals surface area contributed by atoms with Gasteiger partial charge in [-0.2, -0.15) is 0 Å². The summed E-state index contributed by atoms with van der Waals surface area (Å²) in [6.45, 7) is 29.5. The van der Waals surface area contributed by atoms with Crippen LogP contribution in [0.5, 0.6) is 0 Å². The largest absolute Gasteiger partial charge is 0.458 e. The van der Waals surface area contributed by atoms with Gasteiger partial charge >= 0.3 is 5.97 Å². The zero-order valence-corrected chi connectivity index (χ0v) is 23.0. The normalized spacial score (nSPS) is 12.3. The Hall–Kier alpha value is -0.262. The predicted molar refractivity (Wildman–Crippen MR) is 125 cm³/mol. The molecule has 0 rings (SSSR count). The molecule has 154 valence electrons. The fraction of sp³-hybridized carbons (Fsp3) is 0.722. The highest BCUT2D eigenvalue weighted by atomic mass is 28.4. The third-order valence-corrected chi connectivity index (χ3v) is 15.7. The second-order valence-corrected chi connectivity index (χ2v) is 25.2. The second-order valence-electron chi connectivity index (χ2n) is 9.07. The van der Waals surface area contributed by atoms with Gasteiger partial charge in [0.2, 0.25) is 0 Å². The SMILES string of the molecule is C=CCOC(=O)C(=C)C.C[SiH](C)O[Si](C)(C)CC[Si](C)(C)O[Si](C)(C)C. The summed E-state index contributed by atoms with van der Waals surface area (Å²) in [6, 6.07) is 2.53.